The Kier molecular flexibility index (Phi) is 8.90. The van der Waals surface area contributed by atoms with Gasteiger partial charge in [0.1, 0.15) is 5.82 Å². The van der Waals surface area contributed by atoms with Gasteiger partial charge in [-0.3, -0.25) is 0 Å². The highest BCUT2D eigenvalue weighted by molar-refractivity contribution is 14.0. The Morgan fingerprint density at radius 3 is 2.73 bits per heavy atom. The first-order chi connectivity index (χ1) is 12.2. The Morgan fingerprint density at radius 1 is 1.31 bits per heavy atom. The predicted molar refractivity (Wildman–Crippen MR) is 117 cm³/mol. The molecule has 2 heterocycles. The zero-order chi connectivity index (χ0) is 17.5. The Morgan fingerprint density at radius 2 is 2.08 bits per heavy atom. The highest BCUT2D eigenvalue weighted by Crippen LogP contribution is 2.17. The minimum atomic E-state index is 0. The largest absolute Gasteiger partial charge is 0.375 e. The van der Waals surface area contributed by atoms with Gasteiger partial charge >= 0.3 is 0 Å². The maximum Gasteiger partial charge on any atom is 0.189 e. The smallest absolute Gasteiger partial charge is 0.189 e. The lowest BCUT2D eigenvalue weighted by Crippen LogP contribution is -2.41. The molecular weight excluding hydrogens is 441 g/mol. The van der Waals surface area contributed by atoms with Crippen molar-refractivity contribution in [2.24, 2.45) is 10.7 Å². The molecule has 1 aliphatic carbocycles. The Balaban J connectivity index is 0.00000243. The number of nitrogens with two attached hydrogens (primary N) is 1. The van der Waals surface area contributed by atoms with Gasteiger partial charge in [0.15, 0.2) is 5.96 Å². The van der Waals surface area contributed by atoms with E-state index in [-0.39, 0.29) is 30.1 Å². The van der Waals surface area contributed by atoms with E-state index in [1.807, 2.05) is 6.20 Å². The molecule has 1 aliphatic heterocycles. The van der Waals surface area contributed by atoms with Crippen molar-refractivity contribution in [1.82, 2.24) is 10.3 Å². The van der Waals surface area contributed by atoms with E-state index >= 15 is 0 Å². The number of hydrogen-bond acceptors (Lipinski definition) is 4. The van der Waals surface area contributed by atoms with Crippen LogP contribution in [0.15, 0.2) is 23.3 Å². The normalized spacial score (nSPS) is 22.4. The maximum absolute atomic E-state index is 6.06. The summed E-state index contributed by atoms with van der Waals surface area (Å²) in [6, 6.07) is 4.64. The SMILES string of the molecule is CC1CN(c2ccc(CN=C(N)NC3CCCCCC3)cn2)CCO1.I. The lowest BCUT2D eigenvalue weighted by Gasteiger charge is -2.32. The molecule has 0 radical (unpaired) electrons. The first-order valence-electron chi connectivity index (χ1n) is 9.58. The fraction of sp³-hybridized carbons (Fsp3) is 0.684. The van der Waals surface area contributed by atoms with Crippen LogP contribution in [0, 0.1) is 0 Å². The van der Waals surface area contributed by atoms with E-state index in [0.717, 1.165) is 31.1 Å². The van der Waals surface area contributed by atoms with E-state index in [1.165, 1.54) is 38.5 Å². The van der Waals surface area contributed by atoms with Gasteiger partial charge in [0.05, 0.1) is 19.3 Å². The van der Waals surface area contributed by atoms with Crippen molar-refractivity contribution >= 4 is 35.8 Å². The zero-order valence-corrected chi connectivity index (χ0v) is 18.0. The summed E-state index contributed by atoms with van der Waals surface area (Å²) in [5, 5.41) is 3.38. The van der Waals surface area contributed by atoms with Crippen molar-refractivity contribution in [2.75, 3.05) is 24.6 Å². The number of hydrogen-bond donors (Lipinski definition) is 2. The van der Waals surface area contributed by atoms with Crippen LogP contribution in [0.1, 0.15) is 51.0 Å². The van der Waals surface area contributed by atoms with E-state index in [9.17, 15) is 0 Å². The Hall–Kier alpha value is -1.09. The third kappa shape index (κ3) is 6.57. The topological polar surface area (TPSA) is 75.8 Å². The van der Waals surface area contributed by atoms with Gasteiger partial charge in [-0.15, -0.1) is 24.0 Å². The first kappa shape index (κ1) is 21.2. The van der Waals surface area contributed by atoms with Crippen LogP contribution >= 0.6 is 24.0 Å². The average Bonchev–Trinajstić information content (AvgIpc) is 2.89. The molecule has 3 rings (SSSR count). The van der Waals surface area contributed by atoms with Crippen LogP contribution in [-0.2, 0) is 11.3 Å². The van der Waals surface area contributed by atoms with Gasteiger partial charge in [0.25, 0.3) is 0 Å². The van der Waals surface area contributed by atoms with Gasteiger partial charge in [-0.05, 0) is 31.4 Å². The summed E-state index contributed by atoms with van der Waals surface area (Å²) in [6.07, 6.45) is 9.82. The van der Waals surface area contributed by atoms with Gasteiger partial charge < -0.3 is 20.7 Å². The highest BCUT2D eigenvalue weighted by atomic mass is 127. The van der Waals surface area contributed by atoms with Crippen LogP contribution in [0.4, 0.5) is 5.82 Å². The van der Waals surface area contributed by atoms with Crippen molar-refractivity contribution in [3.05, 3.63) is 23.9 Å². The highest BCUT2D eigenvalue weighted by Gasteiger charge is 2.17. The molecule has 1 unspecified atom stereocenters. The third-order valence-electron chi connectivity index (χ3n) is 5.01. The van der Waals surface area contributed by atoms with Crippen LogP contribution in [-0.4, -0.2) is 42.8 Å². The monoisotopic (exact) mass is 473 g/mol. The molecule has 0 amide bonds. The number of nitrogens with one attached hydrogen (secondary N) is 1. The molecule has 1 aromatic heterocycles. The average molecular weight is 473 g/mol. The van der Waals surface area contributed by atoms with Gasteiger partial charge in [-0.25, -0.2) is 9.98 Å². The van der Waals surface area contributed by atoms with Gasteiger partial charge in [0.2, 0.25) is 0 Å². The quantitative estimate of drug-likeness (QED) is 0.304. The summed E-state index contributed by atoms with van der Waals surface area (Å²) in [4.78, 5) is 11.3. The van der Waals surface area contributed by atoms with Crippen LogP contribution < -0.4 is 16.0 Å². The van der Waals surface area contributed by atoms with E-state index in [4.69, 9.17) is 10.5 Å². The van der Waals surface area contributed by atoms with Crippen molar-refractivity contribution in [1.29, 1.82) is 0 Å². The number of morpholine rings is 1. The molecule has 1 atom stereocenters. The lowest BCUT2D eigenvalue weighted by molar-refractivity contribution is 0.0529. The van der Waals surface area contributed by atoms with Crippen molar-refractivity contribution in [3.8, 4) is 0 Å². The van der Waals surface area contributed by atoms with Crippen molar-refractivity contribution < 1.29 is 4.74 Å². The van der Waals surface area contributed by atoms with Crippen molar-refractivity contribution in [2.45, 2.75) is 64.1 Å². The molecule has 146 valence electrons. The molecule has 0 bridgehead atoms. The van der Waals surface area contributed by atoms with Crippen LogP contribution in [0.3, 0.4) is 0 Å². The number of anilines is 1. The molecule has 0 spiro atoms. The minimum Gasteiger partial charge on any atom is -0.375 e. The summed E-state index contributed by atoms with van der Waals surface area (Å²) in [6.45, 7) is 5.21. The number of aromatic nitrogens is 1. The van der Waals surface area contributed by atoms with Crippen LogP contribution in [0.2, 0.25) is 0 Å². The molecule has 26 heavy (non-hydrogen) atoms. The standard InChI is InChI=1S/C19H31N5O.HI/c1-15-14-24(10-11-25-15)18-9-8-16(12-21-18)13-22-19(20)23-17-6-4-2-3-5-7-17;/h8-9,12,15,17H,2-7,10-11,13-14H2,1H3,(H3,20,22,23);1H. The lowest BCUT2D eigenvalue weighted by atomic mass is 10.1. The number of guanidine groups is 1. The second-order valence-corrected chi connectivity index (χ2v) is 7.19. The second-order valence-electron chi connectivity index (χ2n) is 7.19. The van der Waals surface area contributed by atoms with E-state index in [0.29, 0.717) is 18.5 Å². The third-order valence-corrected chi connectivity index (χ3v) is 5.01. The summed E-state index contributed by atoms with van der Waals surface area (Å²) >= 11 is 0. The summed E-state index contributed by atoms with van der Waals surface area (Å²) in [7, 11) is 0. The van der Waals surface area contributed by atoms with Gasteiger partial charge in [-0.1, -0.05) is 31.7 Å². The molecular formula is C19H32IN5O. The van der Waals surface area contributed by atoms with Crippen LogP contribution in [0.25, 0.3) is 0 Å². The summed E-state index contributed by atoms with van der Waals surface area (Å²) in [5.41, 5.74) is 7.14. The summed E-state index contributed by atoms with van der Waals surface area (Å²) in [5.74, 6) is 1.56. The first-order valence-corrected chi connectivity index (χ1v) is 9.58. The molecule has 7 heteroatoms. The fourth-order valence-electron chi connectivity index (χ4n) is 3.58. The molecule has 3 N–H and O–H groups in total. The van der Waals surface area contributed by atoms with Crippen molar-refractivity contribution in [3.63, 3.8) is 0 Å². The second kappa shape index (κ2) is 10.9. The molecule has 2 aliphatic rings. The molecule has 1 saturated heterocycles. The van der Waals surface area contributed by atoms with Crippen LogP contribution in [0.5, 0.6) is 0 Å². The number of ether oxygens (including phenoxy) is 1. The molecule has 2 fully saturated rings. The Bertz CT molecular complexity index is 558. The van der Waals surface area contributed by atoms with E-state index in [2.05, 4.69) is 39.2 Å². The predicted octanol–water partition coefficient (Wildman–Crippen LogP) is 3.05. The fourth-order valence-corrected chi connectivity index (χ4v) is 3.58. The number of pyridine rings is 1. The van der Waals surface area contributed by atoms with E-state index in [1.54, 1.807) is 0 Å². The molecule has 6 nitrogen and oxygen atoms in total. The number of halogens is 1. The zero-order valence-electron chi connectivity index (χ0n) is 15.7. The molecule has 1 saturated carbocycles. The summed E-state index contributed by atoms with van der Waals surface area (Å²) < 4.78 is 5.58. The number of nitrogens with zero attached hydrogens (tertiary/aromatic N) is 3. The minimum absolute atomic E-state index is 0. The number of aliphatic imine (C=N–C) groups is 1. The van der Waals surface area contributed by atoms with E-state index < -0.39 is 0 Å². The maximum atomic E-state index is 6.06. The molecule has 0 aromatic carbocycles. The number of rotatable bonds is 4. The molecule has 1 aromatic rings. The van der Waals surface area contributed by atoms with Gasteiger partial charge in [-0.2, -0.15) is 0 Å². The van der Waals surface area contributed by atoms with Gasteiger partial charge in [0, 0.05) is 25.3 Å². The Labute approximate surface area is 174 Å².